The van der Waals surface area contributed by atoms with Crippen LogP contribution in [-0.4, -0.2) is 30.5 Å². The van der Waals surface area contributed by atoms with E-state index in [4.69, 9.17) is 4.74 Å². The Morgan fingerprint density at radius 2 is 2.00 bits per heavy atom. The second-order valence-electron chi connectivity index (χ2n) is 6.09. The summed E-state index contributed by atoms with van der Waals surface area (Å²) in [7, 11) is 0. The Bertz CT molecular complexity index is 429. The van der Waals surface area contributed by atoms with E-state index in [0.717, 1.165) is 25.7 Å². The molecular formula is C17H25NO2. The van der Waals surface area contributed by atoms with E-state index in [2.05, 4.69) is 29.6 Å². The number of benzene rings is 1. The van der Waals surface area contributed by atoms with Crippen LogP contribution in [0, 0.1) is 0 Å². The molecule has 0 aliphatic heterocycles. The van der Waals surface area contributed by atoms with Crippen molar-refractivity contribution < 1.29 is 9.84 Å². The van der Waals surface area contributed by atoms with Gasteiger partial charge in [-0.2, -0.15) is 0 Å². The van der Waals surface area contributed by atoms with Crippen molar-refractivity contribution in [3.8, 4) is 0 Å². The van der Waals surface area contributed by atoms with E-state index >= 15 is 0 Å². The van der Waals surface area contributed by atoms with Gasteiger partial charge in [0, 0.05) is 12.6 Å². The highest BCUT2D eigenvalue weighted by molar-refractivity contribution is 5.34. The maximum atomic E-state index is 10.0. The third-order valence-corrected chi connectivity index (χ3v) is 4.56. The van der Waals surface area contributed by atoms with Crippen molar-refractivity contribution in [1.82, 2.24) is 5.32 Å². The molecule has 110 valence electrons. The van der Waals surface area contributed by atoms with Crippen LogP contribution in [0.4, 0.5) is 0 Å². The smallest absolute Gasteiger partial charge is 0.0898 e. The highest BCUT2D eigenvalue weighted by Gasteiger charge is 2.22. The highest BCUT2D eigenvalue weighted by atomic mass is 16.5. The van der Waals surface area contributed by atoms with Crippen molar-refractivity contribution in [2.75, 3.05) is 13.2 Å². The van der Waals surface area contributed by atoms with Crippen molar-refractivity contribution in [1.29, 1.82) is 0 Å². The first kappa shape index (κ1) is 14.1. The minimum atomic E-state index is -0.400. The van der Waals surface area contributed by atoms with Gasteiger partial charge in [0.2, 0.25) is 0 Å². The zero-order valence-corrected chi connectivity index (χ0v) is 12.1. The molecule has 0 heterocycles. The van der Waals surface area contributed by atoms with E-state index in [1.54, 1.807) is 0 Å². The van der Waals surface area contributed by atoms with Crippen LogP contribution in [0.25, 0.3) is 0 Å². The lowest BCUT2D eigenvalue weighted by molar-refractivity contribution is -0.00624. The predicted molar refractivity (Wildman–Crippen MR) is 79.7 cm³/mol. The Morgan fingerprint density at radius 1 is 1.20 bits per heavy atom. The first-order valence-corrected chi connectivity index (χ1v) is 7.94. The van der Waals surface area contributed by atoms with E-state index in [-0.39, 0.29) is 0 Å². The first-order chi connectivity index (χ1) is 9.83. The molecule has 2 unspecified atom stereocenters. The number of rotatable bonds is 6. The van der Waals surface area contributed by atoms with Gasteiger partial charge in [-0.3, -0.25) is 0 Å². The van der Waals surface area contributed by atoms with E-state index in [0.29, 0.717) is 25.3 Å². The molecule has 2 atom stereocenters. The van der Waals surface area contributed by atoms with Crippen molar-refractivity contribution in [3.05, 3.63) is 35.4 Å². The Hall–Kier alpha value is -0.900. The largest absolute Gasteiger partial charge is 0.389 e. The van der Waals surface area contributed by atoms with Gasteiger partial charge in [0.15, 0.2) is 0 Å². The molecule has 2 aliphatic carbocycles. The maximum Gasteiger partial charge on any atom is 0.0898 e. The van der Waals surface area contributed by atoms with Crippen LogP contribution < -0.4 is 5.32 Å². The summed E-state index contributed by atoms with van der Waals surface area (Å²) in [6.07, 6.45) is 7.14. The van der Waals surface area contributed by atoms with Gasteiger partial charge in [0.25, 0.3) is 0 Å². The quantitative estimate of drug-likeness (QED) is 0.838. The molecule has 3 rings (SSSR count). The molecule has 3 nitrogen and oxygen atoms in total. The fourth-order valence-electron chi connectivity index (χ4n) is 3.41. The molecule has 2 aliphatic rings. The van der Waals surface area contributed by atoms with Crippen LogP contribution in [0.2, 0.25) is 0 Å². The lowest BCUT2D eigenvalue weighted by atomic mass is 10.1. The third-order valence-electron chi connectivity index (χ3n) is 4.56. The number of nitrogens with one attached hydrogen (secondary N) is 1. The van der Waals surface area contributed by atoms with Gasteiger partial charge >= 0.3 is 0 Å². The highest BCUT2D eigenvalue weighted by Crippen LogP contribution is 2.30. The normalized spacial score (nSPS) is 23.9. The monoisotopic (exact) mass is 275 g/mol. The number of fused-ring (bicyclic) bond motifs is 1. The SMILES string of the molecule is OC(CNC1CCc2ccccc21)COC1CCCC1. The maximum absolute atomic E-state index is 10.0. The fourth-order valence-corrected chi connectivity index (χ4v) is 3.41. The topological polar surface area (TPSA) is 41.5 Å². The lowest BCUT2D eigenvalue weighted by Crippen LogP contribution is -2.33. The zero-order chi connectivity index (χ0) is 13.8. The summed E-state index contributed by atoms with van der Waals surface area (Å²) in [5.41, 5.74) is 2.85. The Morgan fingerprint density at radius 3 is 2.85 bits per heavy atom. The molecule has 1 aromatic carbocycles. The lowest BCUT2D eigenvalue weighted by Gasteiger charge is -2.19. The standard InChI is InChI=1S/C17H25NO2/c19-14(12-20-15-6-2-3-7-15)11-18-17-10-9-13-5-1-4-8-16(13)17/h1,4-5,8,14-15,17-19H,2-3,6-7,9-12H2. The summed E-state index contributed by atoms with van der Waals surface area (Å²) in [6.45, 7) is 1.08. The molecule has 1 aromatic rings. The van der Waals surface area contributed by atoms with Crippen LogP contribution in [-0.2, 0) is 11.2 Å². The second kappa shape index (κ2) is 6.70. The number of ether oxygens (including phenoxy) is 1. The number of hydrogen-bond donors (Lipinski definition) is 2. The summed E-state index contributed by atoms with van der Waals surface area (Å²) in [5.74, 6) is 0. The van der Waals surface area contributed by atoms with E-state index in [1.165, 1.54) is 24.0 Å². The molecule has 20 heavy (non-hydrogen) atoms. The van der Waals surface area contributed by atoms with Crippen LogP contribution in [0.1, 0.15) is 49.3 Å². The molecule has 1 fully saturated rings. The molecule has 0 saturated heterocycles. The summed E-state index contributed by atoms with van der Waals surface area (Å²) in [5, 5.41) is 13.5. The second-order valence-corrected chi connectivity index (χ2v) is 6.09. The zero-order valence-electron chi connectivity index (χ0n) is 12.1. The fraction of sp³-hybridized carbons (Fsp3) is 0.647. The summed E-state index contributed by atoms with van der Waals surface area (Å²) in [6, 6.07) is 8.99. The van der Waals surface area contributed by atoms with Crippen molar-refractivity contribution in [3.63, 3.8) is 0 Å². The molecule has 0 radical (unpaired) electrons. The van der Waals surface area contributed by atoms with Gasteiger partial charge in [0.1, 0.15) is 0 Å². The van der Waals surface area contributed by atoms with E-state index < -0.39 is 6.10 Å². The summed E-state index contributed by atoms with van der Waals surface area (Å²) >= 11 is 0. The van der Waals surface area contributed by atoms with Gasteiger partial charge in [-0.25, -0.2) is 0 Å². The molecule has 1 saturated carbocycles. The Labute approximate surface area is 121 Å². The van der Waals surface area contributed by atoms with Crippen molar-refractivity contribution in [2.24, 2.45) is 0 Å². The minimum absolute atomic E-state index is 0.386. The summed E-state index contributed by atoms with van der Waals surface area (Å²) in [4.78, 5) is 0. The van der Waals surface area contributed by atoms with Gasteiger partial charge in [-0.15, -0.1) is 0 Å². The minimum Gasteiger partial charge on any atom is -0.389 e. The Balaban J connectivity index is 1.41. The molecule has 0 spiro atoms. The number of aliphatic hydroxyl groups excluding tert-OH is 1. The van der Waals surface area contributed by atoms with Gasteiger partial charge in [-0.05, 0) is 36.8 Å². The number of aliphatic hydroxyl groups is 1. The van der Waals surface area contributed by atoms with E-state index in [9.17, 15) is 5.11 Å². The van der Waals surface area contributed by atoms with Crippen LogP contribution >= 0.6 is 0 Å². The van der Waals surface area contributed by atoms with E-state index in [1.807, 2.05) is 0 Å². The van der Waals surface area contributed by atoms with Gasteiger partial charge < -0.3 is 15.2 Å². The molecule has 0 bridgehead atoms. The van der Waals surface area contributed by atoms with Gasteiger partial charge in [-0.1, -0.05) is 37.1 Å². The van der Waals surface area contributed by atoms with Crippen LogP contribution in [0.5, 0.6) is 0 Å². The molecular weight excluding hydrogens is 250 g/mol. The molecule has 2 N–H and O–H groups in total. The first-order valence-electron chi connectivity index (χ1n) is 7.94. The van der Waals surface area contributed by atoms with Crippen molar-refractivity contribution >= 4 is 0 Å². The molecule has 0 amide bonds. The van der Waals surface area contributed by atoms with Gasteiger partial charge in [0.05, 0.1) is 18.8 Å². The average Bonchev–Trinajstić information content (AvgIpc) is 3.12. The summed E-state index contributed by atoms with van der Waals surface area (Å²) < 4.78 is 5.76. The third kappa shape index (κ3) is 3.40. The predicted octanol–water partition coefficient (Wildman–Crippen LogP) is 2.58. The molecule has 3 heteroatoms. The number of hydrogen-bond acceptors (Lipinski definition) is 3. The number of aryl methyl sites for hydroxylation is 1. The van der Waals surface area contributed by atoms with Crippen LogP contribution in [0.3, 0.4) is 0 Å². The van der Waals surface area contributed by atoms with Crippen LogP contribution in [0.15, 0.2) is 24.3 Å². The van der Waals surface area contributed by atoms with Crippen molar-refractivity contribution in [2.45, 2.75) is 56.8 Å². The Kier molecular flexibility index (Phi) is 4.71. The average molecular weight is 275 g/mol. The molecule has 0 aromatic heterocycles.